The molecule has 0 bridgehead atoms. The largest absolute Gasteiger partial charge is 0.494 e. The Bertz CT molecular complexity index is 390. The molecule has 17 heavy (non-hydrogen) atoms. The molecule has 0 amide bonds. The fourth-order valence-corrected chi connectivity index (χ4v) is 2.20. The third-order valence-electron chi connectivity index (χ3n) is 2.95. The summed E-state index contributed by atoms with van der Waals surface area (Å²) in [6.45, 7) is 5.12. The maximum atomic E-state index is 11.4. The van der Waals surface area contributed by atoms with Gasteiger partial charge in [0.2, 0.25) is 0 Å². The molecule has 0 aromatic heterocycles. The monoisotopic (exact) mass is 233 g/mol. The van der Waals surface area contributed by atoms with Crippen molar-refractivity contribution in [2.45, 2.75) is 26.3 Å². The van der Waals surface area contributed by atoms with Crippen molar-refractivity contribution in [3.63, 3.8) is 0 Å². The number of benzene rings is 1. The van der Waals surface area contributed by atoms with Crippen LogP contribution < -0.4 is 4.74 Å². The lowest BCUT2D eigenvalue weighted by atomic mass is 10.1. The van der Waals surface area contributed by atoms with Gasteiger partial charge < -0.3 is 4.74 Å². The highest BCUT2D eigenvalue weighted by molar-refractivity contribution is 5.81. The Labute approximate surface area is 102 Å². The second-order valence-electron chi connectivity index (χ2n) is 4.43. The molecule has 3 nitrogen and oxygen atoms in total. The lowest BCUT2D eigenvalue weighted by molar-refractivity contribution is -0.122. The molecule has 1 aromatic carbocycles. The topological polar surface area (TPSA) is 29.5 Å². The molecule has 0 N–H and O–H groups in total. The summed E-state index contributed by atoms with van der Waals surface area (Å²) in [4.78, 5) is 13.6. The predicted octanol–water partition coefficient (Wildman–Crippen LogP) is 2.25. The summed E-state index contributed by atoms with van der Waals surface area (Å²) in [6, 6.07) is 8.12. The Kier molecular flexibility index (Phi) is 4.15. The number of carbonyl (C=O) groups is 1. The number of Topliss-reactive ketones (excluding diaryl/α,β-unsaturated/α-hetero) is 1. The first-order valence-electron chi connectivity index (χ1n) is 6.23. The molecular formula is C14H19NO2. The Morgan fingerprint density at radius 1 is 1.41 bits per heavy atom. The normalized spacial score (nSPS) is 17.1. The van der Waals surface area contributed by atoms with Gasteiger partial charge in [-0.25, -0.2) is 0 Å². The van der Waals surface area contributed by atoms with Gasteiger partial charge in [-0.2, -0.15) is 0 Å². The van der Waals surface area contributed by atoms with Gasteiger partial charge in [-0.15, -0.1) is 0 Å². The summed E-state index contributed by atoms with van der Waals surface area (Å²) in [5.41, 5.74) is 1.21. The summed E-state index contributed by atoms with van der Waals surface area (Å²) >= 11 is 0. The van der Waals surface area contributed by atoms with Gasteiger partial charge in [0.05, 0.1) is 13.2 Å². The molecule has 1 fully saturated rings. The Morgan fingerprint density at radius 3 is 3.06 bits per heavy atom. The van der Waals surface area contributed by atoms with Crippen LogP contribution in [0.3, 0.4) is 0 Å². The van der Waals surface area contributed by atoms with Gasteiger partial charge in [-0.05, 0) is 37.6 Å². The quantitative estimate of drug-likeness (QED) is 0.799. The molecule has 1 heterocycles. The van der Waals surface area contributed by atoms with E-state index in [-0.39, 0.29) is 0 Å². The van der Waals surface area contributed by atoms with Crippen LogP contribution >= 0.6 is 0 Å². The van der Waals surface area contributed by atoms with Crippen LogP contribution in [-0.4, -0.2) is 30.4 Å². The minimum atomic E-state index is 0.359. The molecule has 1 aliphatic heterocycles. The highest BCUT2D eigenvalue weighted by Crippen LogP contribution is 2.16. The second-order valence-corrected chi connectivity index (χ2v) is 4.43. The summed E-state index contributed by atoms with van der Waals surface area (Å²) in [5.74, 6) is 1.27. The number of carbonyl (C=O) groups excluding carboxylic acids is 1. The van der Waals surface area contributed by atoms with Crippen LogP contribution in [0.5, 0.6) is 5.75 Å². The van der Waals surface area contributed by atoms with Gasteiger partial charge in [0.25, 0.3) is 0 Å². The average Bonchev–Trinajstić information content (AvgIpc) is 2.30. The fraction of sp³-hybridized carbons (Fsp3) is 0.500. The summed E-state index contributed by atoms with van der Waals surface area (Å²) in [5, 5.41) is 0. The van der Waals surface area contributed by atoms with Crippen molar-refractivity contribution in [1.82, 2.24) is 4.90 Å². The van der Waals surface area contributed by atoms with E-state index in [0.29, 0.717) is 18.9 Å². The van der Waals surface area contributed by atoms with E-state index >= 15 is 0 Å². The van der Waals surface area contributed by atoms with Gasteiger partial charge in [-0.1, -0.05) is 12.1 Å². The first kappa shape index (κ1) is 12.1. The molecule has 3 heteroatoms. The standard InChI is InChI=1S/C14H19NO2/c1-2-17-14-7-3-5-12(9-14)10-15-8-4-6-13(16)11-15/h3,5,7,9H,2,4,6,8,10-11H2,1H3. The zero-order valence-electron chi connectivity index (χ0n) is 10.3. The zero-order valence-corrected chi connectivity index (χ0v) is 10.3. The smallest absolute Gasteiger partial charge is 0.146 e. The minimum absolute atomic E-state index is 0.359. The highest BCUT2D eigenvalue weighted by Gasteiger charge is 2.16. The number of nitrogens with zero attached hydrogens (tertiary/aromatic N) is 1. The SMILES string of the molecule is CCOc1cccc(CN2CCCC(=O)C2)c1. The van der Waals surface area contributed by atoms with E-state index < -0.39 is 0 Å². The van der Waals surface area contributed by atoms with Gasteiger partial charge in [-0.3, -0.25) is 9.69 Å². The lowest BCUT2D eigenvalue weighted by Gasteiger charge is -2.25. The van der Waals surface area contributed by atoms with Gasteiger partial charge in [0.15, 0.2) is 0 Å². The molecule has 0 saturated carbocycles. The molecule has 0 spiro atoms. The van der Waals surface area contributed by atoms with E-state index in [0.717, 1.165) is 31.7 Å². The summed E-state index contributed by atoms with van der Waals surface area (Å²) in [7, 11) is 0. The van der Waals surface area contributed by atoms with Crippen LogP contribution in [0.15, 0.2) is 24.3 Å². The Morgan fingerprint density at radius 2 is 2.29 bits per heavy atom. The zero-order chi connectivity index (χ0) is 12.1. The highest BCUT2D eigenvalue weighted by atomic mass is 16.5. The van der Waals surface area contributed by atoms with Crippen molar-refractivity contribution < 1.29 is 9.53 Å². The molecule has 1 aliphatic rings. The molecule has 0 aliphatic carbocycles. The van der Waals surface area contributed by atoms with E-state index in [1.54, 1.807) is 0 Å². The Balaban J connectivity index is 1.97. The second kappa shape index (κ2) is 5.82. The van der Waals surface area contributed by atoms with E-state index in [9.17, 15) is 4.79 Å². The molecule has 0 atom stereocenters. The molecule has 1 aromatic rings. The number of ether oxygens (including phenoxy) is 1. The lowest BCUT2D eigenvalue weighted by Crippen LogP contribution is -2.34. The van der Waals surface area contributed by atoms with Crippen LogP contribution in [0.2, 0.25) is 0 Å². The number of ketones is 1. The van der Waals surface area contributed by atoms with Crippen LogP contribution in [0.1, 0.15) is 25.3 Å². The number of rotatable bonds is 4. The Hall–Kier alpha value is -1.35. The van der Waals surface area contributed by atoms with E-state index in [2.05, 4.69) is 17.0 Å². The number of hydrogen-bond acceptors (Lipinski definition) is 3. The molecule has 1 saturated heterocycles. The number of piperidine rings is 1. The first-order chi connectivity index (χ1) is 8.28. The first-order valence-corrected chi connectivity index (χ1v) is 6.23. The van der Waals surface area contributed by atoms with Crippen molar-refractivity contribution in [2.75, 3.05) is 19.7 Å². The van der Waals surface area contributed by atoms with Crippen molar-refractivity contribution in [1.29, 1.82) is 0 Å². The maximum Gasteiger partial charge on any atom is 0.146 e. The van der Waals surface area contributed by atoms with Crippen molar-refractivity contribution >= 4 is 5.78 Å². The van der Waals surface area contributed by atoms with E-state index in [1.807, 2.05) is 19.1 Å². The van der Waals surface area contributed by atoms with Crippen molar-refractivity contribution in [2.24, 2.45) is 0 Å². The molecule has 92 valence electrons. The molecule has 0 radical (unpaired) electrons. The van der Waals surface area contributed by atoms with Crippen LogP contribution in [-0.2, 0) is 11.3 Å². The third-order valence-corrected chi connectivity index (χ3v) is 2.95. The van der Waals surface area contributed by atoms with Crippen molar-refractivity contribution in [3.05, 3.63) is 29.8 Å². The van der Waals surface area contributed by atoms with Crippen LogP contribution in [0.25, 0.3) is 0 Å². The fourth-order valence-electron chi connectivity index (χ4n) is 2.20. The average molecular weight is 233 g/mol. The number of likely N-dealkylation sites (tertiary alicyclic amines) is 1. The predicted molar refractivity (Wildman–Crippen MR) is 67.1 cm³/mol. The van der Waals surface area contributed by atoms with Gasteiger partial charge in [0, 0.05) is 13.0 Å². The number of hydrogen-bond donors (Lipinski definition) is 0. The van der Waals surface area contributed by atoms with Gasteiger partial charge in [0.1, 0.15) is 11.5 Å². The molecule has 0 unspecified atom stereocenters. The molecular weight excluding hydrogens is 214 g/mol. The molecule has 2 rings (SSSR count). The minimum Gasteiger partial charge on any atom is -0.494 e. The van der Waals surface area contributed by atoms with Crippen LogP contribution in [0.4, 0.5) is 0 Å². The van der Waals surface area contributed by atoms with Crippen LogP contribution in [0, 0.1) is 0 Å². The summed E-state index contributed by atoms with van der Waals surface area (Å²) in [6.07, 6.45) is 1.74. The van der Waals surface area contributed by atoms with Crippen molar-refractivity contribution in [3.8, 4) is 5.75 Å². The van der Waals surface area contributed by atoms with Gasteiger partial charge >= 0.3 is 0 Å². The third kappa shape index (κ3) is 3.56. The van der Waals surface area contributed by atoms with E-state index in [4.69, 9.17) is 4.74 Å². The summed E-state index contributed by atoms with van der Waals surface area (Å²) < 4.78 is 5.47. The van der Waals surface area contributed by atoms with E-state index in [1.165, 1.54) is 5.56 Å². The maximum absolute atomic E-state index is 11.4.